The minimum absolute atomic E-state index is 0.0653. The van der Waals surface area contributed by atoms with E-state index in [-0.39, 0.29) is 51.8 Å². The molecule has 4 rings (SSSR count). The Morgan fingerprint density at radius 3 is 2.38 bits per heavy atom. The summed E-state index contributed by atoms with van der Waals surface area (Å²) in [5.41, 5.74) is 2.21. The molecule has 0 aliphatic heterocycles. The summed E-state index contributed by atoms with van der Waals surface area (Å²) in [5.74, 6) is 0.915. The van der Waals surface area contributed by atoms with Gasteiger partial charge in [0.05, 0.1) is 28.7 Å². The van der Waals surface area contributed by atoms with Gasteiger partial charge in [-0.2, -0.15) is 5.10 Å². The van der Waals surface area contributed by atoms with E-state index in [1.165, 1.54) is 19.4 Å². The molecule has 42 heavy (non-hydrogen) atoms. The van der Waals surface area contributed by atoms with Gasteiger partial charge in [0.2, 0.25) is 0 Å². The van der Waals surface area contributed by atoms with E-state index < -0.39 is 6.03 Å². The molecule has 0 saturated heterocycles. The number of nitrogens with zero attached hydrogens (tertiary/aromatic N) is 3. The standard InChI is InChI=1S/C29H30Cl2N6O5/c1-29(2,3)22-14-24(37(36-22)18-7-5-17(15-38)6-8-18)35-28(40)33-20-9-10-21(27(31)26(20)30)42-19-11-12-32-23(13-19)34-25(39)16-41-4/h5-14,38H,15-16H2,1-4H3,(H,32,34,39)(H2,33,35,40). The molecule has 2 aromatic heterocycles. The lowest BCUT2D eigenvalue weighted by molar-refractivity contribution is -0.119. The highest BCUT2D eigenvalue weighted by Gasteiger charge is 2.22. The molecule has 0 fully saturated rings. The van der Waals surface area contributed by atoms with Gasteiger partial charge in [-0.25, -0.2) is 14.5 Å². The molecule has 220 valence electrons. The number of carbonyl (C=O) groups is 2. The van der Waals surface area contributed by atoms with Crippen molar-refractivity contribution in [1.29, 1.82) is 0 Å². The smallest absolute Gasteiger partial charge is 0.324 e. The SMILES string of the molecule is COCC(=O)Nc1cc(Oc2ccc(NC(=O)Nc3cc(C(C)(C)C)nn3-c3ccc(CO)cc3)c(Cl)c2Cl)ccn1. The molecule has 4 N–H and O–H groups in total. The second-order valence-electron chi connectivity index (χ2n) is 10.2. The number of aromatic nitrogens is 3. The molecule has 0 atom stereocenters. The van der Waals surface area contributed by atoms with Crippen molar-refractivity contribution >= 4 is 52.5 Å². The highest BCUT2D eigenvalue weighted by Crippen LogP contribution is 2.40. The van der Waals surface area contributed by atoms with Crippen LogP contribution >= 0.6 is 23.2 Å². The Morgan fingerprint density at radius 2 is 1.71 bits per heavy atom. The van der Waals surface area contributed by atoms with Crippen molar-refractivity contribution in [2.45, 2.75) is 32.8 Å². The van der Waals surface area contributed by atoms with Crippen LogP contribution in [0.3, 0.4) is 0 Å². The second kappa shape index (κ2) is 13.2. The zero-order valence-electron chi connectivity index (χ0n) is 23.4. The van der Waals surface area contributed by atoms with Gasteiger partial charge in [0.25, 0.3) is 5.91 Å². The Bertz CT molecular complexity index is 1580. The fourth-order valence-electron chi connectivity index (χ4n) is 3.73. The molecular weight excluding hydrogens is 583 g/mol. The lowest BCUT2D eigenvalue weighted by Crippen LogP contribution is -2.21. The number of anilines is 3. The van der Waals surface area contributed by atoms with Crippen LogP contribution in [0.5, 0.6) is 11.5 Å². The Balaban J connectivity index is 1.50. The highest BCUT2D eigenvalue weighted by molar-refractivity contribution is 6.45. The lowest BCUT2D eigenvalue weighted by atomic mass is 9.92. The highest BCUT2D eigenvalue weighted by atomic mass is 35.5. The summed E-state index contributed by atoms with van der Waals surface area (Å²) >= 11 is 13.0. The largest absolute Gasteiger partial charge is 0.456 e. The van der Waals surface area contributed by atoms with E-state index >= 15 is 0 Å². The van der Waals surface area contributed by atoms with Crippen LogP contribution in [0.2, 0.25) is 10.0 Å². The first-order valence-corrected chi connectivity index (χ1v) is 13.5. The van der Waals surface area contributed by atoms with Gasteiger partial charge in [0.15, 0.2) is 0 Å². The fraction of sp³-hybridized carbons (Fsp3) is 0.241. The molecule has 2 heterocycles. The van der Waals surface area contributed by atoms with E-state index in [2.05, 4.69) is 20.9 Å². The van der Waals surface area contributed by atoms with Crippen molar-refractivity contribution in [3.63, 3.8) is 0 Å². The topological polar surface area (TPSA) is 140 Å². The average molecular weight is 614 g/mol. The zero-order valence-corrected chi connectivity index (χ0v) is 24.9. The summed E-state index contributed by atoms with van der Waals surface area (Å²) in [4.78, 5) is 28.9. The van der Waals surface area contributed by atoms with Gasteiger partial charge in [-0.05, 0) is 35.9 Å². The number of nitrogens with one attached hydrogen (secondary N) is 3. The number of benzene rings is 2. The van der Waals surface area contributed by atoms with Gasteiger partial charge in [-0.15, -0.1) is 0 Å². The number of halogens is 2. The van der Waals surface area contributed by atoms with Crippen LogP contribution in [0.25, 0.3) is 5.69 Å². The summed E-state index contributed by atoms with van der Waals surface area (Å²) in [6.45, 7) is 5.87. The maximum absolute atomic E-state index is 13.1. The number of hydrogen-bond acceptors (Lipinski definition) is 7. The molecule has 13 heteroatoms. The van der Waals surface area contributed by atoms with E-state index in [9.17, 15) is 14.7 Å². The van der Waals surface area contributed by atoms with E-state index in [0.717, 1.165) is 11.3 Å². The zero-order chi connectivity index (χ0) is 30.4. The van der Waals surface area contributed by atoms with Gasteiger partial charge in [-0.3, -0.25) is 10.1 Å². The predicted molar refractivity (Wildman–Crippen MR) is 162 cm³/mol. The average Bonchev–Trinajstić information content (AvgIpc) is 3.37. The van der Waals surface area contributed by atoms with Crippen LogP contribution < -0.4 is 20.7 Å². The fourth-order valence-corrected chi connectivity index (χ4v) is 4.14. The van der Waals surface area contributed by atoms with Crippen LogP contribution in [-0.4, -0.2) is 45.5 Å². The number of aliphatic hydroxyl groups excluding tert-OH is 1. The summed E-state index contributed by atoms with van der Waals surface area (Å²) in [7, 11) is 1.41. The van der Waals surface area contributed by atoms with E-state index in [1.807, 2.05) is 32.9 Å². The molecule has 0 unspecified atom stereocenters. The van der Waals surface area contributed by atoms with Gasteiger partial charge in [0, 0.05) is 30.9 Å². The lowest BCUT2D eigenvalue weighted by Gasteiger charge is -2.14. The third-order valence-corrected chi connectivity index (χ3v) is 6.74. The molecule has 0 radical (unpaired) electrons. The predicted octanol–water partition coefficient (Wildman–Crippen LogP) is 6.39. The van der Waals surface area contributed by atoms with Crippen molar-refractivity contribution < 1.29 is 24.2 Å². The first-order chi connectivity index (χ1) is 20.0. The summed E-state index contributed by atoms with van der Waals surface area (Å²) in [5, 5.41) is 22.3. The molecule has 0 aliphatic rings. The number of methoxy groups -OCH3 is 1. The normalized spacial score (nSPS) is 11.2. The van der Waals surface area contributed by atoms with Crippen molar-refractivity contribution in [1.82, 2.24) is 14.8 Å². The Labute approximate surface area is 252 Å². The number of hydrogen-bond donors (Lipinski definition) is 4. The molecule has 3 amide bonds. The number of carbonyl (C=O) groups excluding carboxylic acids is 2. The number of ether oxygens (including phenoxy) is 2. The first kappa shape index (κ1) is 30.8. The number of amides is 3. The van der Waals surface area contributed by atoms with Crippen molar-refractivity contribution in [2.75, 3.05) is 29.7 Å². The minimum Gasteiger partial charge on any atom is -0.456 e. The van der Waals surface area contributed by atoms with Crippen molar-refractivity contribution in [2.24, 2.45) is 0 Å². The minimum atomic E-state index is -0.569. The summed E-state index contributed by atoms with van der Waals surface area (Å²) < 4.78 is 12.3. The van der Waals surface area contributed by atoms with Crippen LogP contribution in [0.1, 0.15) is 32.0 Å². The van der Waals surface area contributed by atoms with Gasteiger partial charge in [-0.1, -0.05) is 56.1 Å². The van der Waals surface area contributed by atoms with Crippen LogP contribution in [0, 0.1) is 0 Å². The summed E-state index contributed by atoms with van der Waals surface area (Å²) in [6, 6.07) is 14.6. The number of aliphatic hydroxyl groups is 1. The molecule has 4 aromatic rings. The van der Waals surface area contributed by atoms with Crippen LogP contribution in [-0.2, 0) is 21.6 Å². The Hall–Kier alpha value is -4.16. The number of urea groups is 1. The molecule has 11 nitrogen and oxygen atoms in total. The molecule has 0 saturated carbocycles. The maximum Gasteiger partial charge on any atom is 0.324 e. The van der Waals surface area contributed by atoms with Crippen molar-refractivity contribution in [3.05, 3.63) is 82.1 Å². The van der Waals surface area contributed by atoms with E-state index in [1.54, 1.807) is 41.1 Å². The quantitative estimate of drug-likeness (QED) is 0.172. The number of rotatable bonds is 9. The maximum atomic E-state index is 13.1. The molecule has 2 aromatic carbocycles. The van der Waals surface area contributed by atoms with Crippen molar-refractivity contribution in [3.8, 4) is 17.2 Å². The third kappa shape index (κ3) is 7.56. The van der Waals surface area contributed by atoms with E-state index in [0.29, 0.717) is 17.3 Å². The number of pyridine rings is 1. The summed E-state index contributed by atoms with van der Waals surface area (Å²) in [6.07, 6.45) is 1.46. The molecular formula is C29H30Cl2N6O5. The molecule has 0 bridgehead atoms. The van der Waals surface area contributed by atoms with Gasteiger partial charge >= 0.3 is 6.03 Å². The van der Waals surface area contributed by atoms with Gasteiger partial charge < -0.3 is 25.2 Å². The second-order valence-corrected chi connectivity index (χ2v) is 10.9. The van der Waals surface area contributed by atoms with Gasteiger partial charge in [0.1, 0.15) is 34.8 Å². The Morgan fingerprint density at radius 1 is 0.976 bits per heavy atom. The van der Waals surface area contributed by atoms with Crippen LogP contribution in [0.4, 0.5) is 22.1 Å². The third-order valence-electron chi connectivity index (χ3n) is 5.88. The first-order valence-electron chi connectivity index (χ1n) is 12.8. The molecule has 0 spiro atoms. The molecule has 0 aliphatic carbocycles. The Kier molecular flexibility index (Phi) is 9.69. The monoisotopic (exact) mass is 612 g/mol. The van der Waals surface area contributed by atoms with E-state index in [4.69, 9.17) is 37.8 Å². The van der Waals surface area contributed by atoms with Crippen LogP contribution in [0.15, 0.2) is 60.8 Å².